The normalized spacial score (nSPS) is 11.0. The molecular formula is C20H23N3O4. The summed E-state index contributed by atoms with van der Waals surface area (Å²) in [4.78, 5) is 39.6. The number of pyridine rings is 1. The molecule has 3 N–H and O–H groups in total. The summed E-state index contributed by atoms with van der Waals surface area (Å²) in [5, 5.41) is 14.6. The van der Waals surface area contributed by atoms with Gasteiger partial charge in [-0.05, 0) is 63.6 Å². The van der Waals surface area contributed by atoms with Gasteiger partial charge in [0, 0.05) is 16.8 Å². The van der Waals surface area contributed by atoms with Gasteiger partial charge >= 0.3 is 5.97 Å². The first-order chi connectivity index (χ1) is 12.6. The number of aromatic nitrogens is 1. The molecule has 7 nitrogen and oxygen atoms in total. The maximum absolute atomic E-state index is 12.3. The van der Waals surface area contributed by atoms with E-state index in [-0.39, 0.29) is 28.4 Å². The maximum atomic E-state index is 12.3. The summed E-state index contributed by atoms with van der Waals surface area (Å²) in [5.41, 5.74) is 1.14. The fourth-order valence-electron chi connectivity index (χ4n) is 2.28. The number of hydrogen-bond acceptors (Lipinski definition) is 4. The van der Waals surface area contributed by atoms with Gasteiger partial charge in [-0.15, -0.1) is 0 Å². The van der Waals surface area contributed by atoms with Gasteiger partial charge < -0.3 is 15.7 Å². The third kappa shape index (κ3) is 5.13. The molecule has 2 aromatic rings. The van der Waals surface area contributed by atoms with Crippen LogP contribution >= 0.6 is 0 Å². The molecule has 1 aromatic carbocycles. The Morgan fingerprint density at radius 1 is 1.04 bits per heavy atom. The van der Waals surface area contributed by atoms with Crippen LogP contribution in [0.15, 0.2) is 36.4 Å². The minimum atomic E-state index is -1.09. The lowest BCUT2D eigenvalue weighted by atomic mass is 10.0. The molecule has 0 radical (unpaired) electrons. The minimum absolute atomic E-state index is 0.0527. The van der Waals surface area contributed by atoms with Crippen molar-refractivity contribution in [2.75, 3.05) is 5.32 Å². The monoisotopic (exact) mass is 369 g/mol. The predicted molar refractivity (Wildman–Crippen MR) is 102 cm³/mol. The number of carbonyl (C=O) groups is 3. The van der Waals surface area contributed by atoms with Crippen molar-refractivity contribution in [2.45, 2.75) is 39.7 Å². The van der Waals surface area contributed by atoms with Gasteiger partial charge in [-0.25, -0.2) is 9.78 Å². The predicted octanol–water partition coefficient (Wildman–Crippen LogP) is 3.26. The lowest BCUT2D eigenvalue weighted by Gasteiger charge is -2.24. The molecule has 2 amide bonds. The Hall–Kier alpha value is -3.22. The fourth-order valence-corrected chi connectivity index (χ4v) is 2.28. The van der Waals surface area contributed by atoms with E-state index in [1.807, 2.05) is 20.8 Å². The summed E-state index contributed by atoms with van der Waals surface area (Å²) >= 11 is 0. The number of carbonyl (C=O) groups excluding carboxylic acids is 2. The smallest absolute Gasteiger partial charge is 0.337 e. The molecule has 7 heteroatoms. The van der Waals surface area contributed by atoms with E-state index in [9.17, 15) is 14.4 Å². The Morgan fingerprint density at radius 2 is 1.67 bits per heavy atom. The number of aryl methyl sites for hydroxylation is 1. The topological polar surface area (TPSA) is 108 Å². The van der Waals surface area contributed by atoms with E-state index in [1.54, 1.807) is 24.3 Å². The van der Waals surface area contributed by atoms with E-state index in [2.05, 4.69) is 15.6 Å². The second kappa shape index (κ2) is 7.99. The molecule has 0 atom stereocenters. The van der Waals surface area contributed by atoms with Crippen LogP contribution in [0.3, 0.4) is 0 Å². The zero-order valence-corrected chi connectivity index (χ0v) is 15.8. The van der Waals surface area contributed by atoms with Gasteiger partial charge in [-0.1, -0.05) is 6.92 Å². The van der Waals surface area contributed by atoms with Crippen LogP contribution in [0.1, 0.15) is 64.1 Å². The molecule has 0 spiro atoms. The molecular weight excluding hydrogens is 346 g/mol. The number of anilines is 1. The second-order valence-electron chi connectivity index (χ2n) is 6.86. The number of hydrogen-bond donors (Lipinski definition) is 3. The highest BCUT2D eigenvalue weighted by atomic mass is 16.4. The largest absolute Gasteiger partial charge is 0.478 e. The third-order valence-corrected chi connectivity index (χ3v) is 4.29. The lowest BCUT2D eigenvalue weighted by Crippen LogP contribution is -2.42. The van der Waals surface area contributed by atoms with E-state index in [0.717, 1.165) is 6.42 Å². The van der Waals surface area contributed by atoms with Gasteiger partial charge in [0.15, 0.2) is 0 Å². The highest BCUT2D eigenvalue weighted by molar-refractivity contribution is 6.03. The number of rotatable bonds is 6. The van der Waals surface area contributed by atoms with E-state index in [0.29, 0.717) is 11.3 Å². The Morgan fingerprint density at radius 3 is 2.19 bits per heavy atom. The molecule has 1 aromatic heterocycles. The summed E-state index contributed by atoms with van der Waals surface area (Å²) in [6.07, 6.45) is 0.806. The molecule has 0 saturated carbocycles. The number of nitrogens with zero attached hydrogens (tertiary/aromatic N) is 1. The van der Waals surface area contributed by atoms with Crippen LogP contribution in [0.4, 0.5) is 5.69 Å². The highest BCUT2D eigenvalue weighted by Crippen LogP contribution is 2.14. The molecule has 0 aliphatic rings. The zero-order chi connectivity index (χ0) is 20.2. The van der Waals surface area contributed by atoms with Crippen molar-refractivity contribution in [1.82, 2.24) is 10.3 Å². The molecule has 27 heavy (non-hydrogen) atoms. The number of amides is 2. The molecule has 2 rings (SSSR count). The van der Waals surface area contributed by atoms with Crippen LogP contribution in [0.25, 0.3) is 0 Å². The van der Waals surface area contributed by atoms with Crippen LogP contribution < -0.4 is 10.6 Å². The van der Waals surface area contributed by atoms with Gasteiger partial charge in [0.2, 0.25) is 0 Å². The summed E-state index contributed by atoms with van der Waals surface area (Å²) < 4.78 is 0. The molecule has 0 aliphatic heterocycles. The second-order valence-corrected chi connectivity index (χ2v) is 6.86. The zero-order valence-electron chi connectivity index (χ0n) is 15.8. The van der Waals surface area contributed by atoms with Crippen molar-refractivity contribution in [3.05, 3.63) is 58.9 Å². The van der Waals surface area contributed by atoms with Crippen LogP contribution in [0, 0.1) is 6.92 Å². The van der Waals surface area contributed by atoms with Gasteiger partial charge in [-0.3, -0.25) is 9.59 Å². The Labute approximate surface area is 157 Å². The first-order valence-corrected chi connectivity index (χ1v) is 8.58. The Balaban J connectivity index is 2.08. The van der Waals surface area contributed by atoms with Gasteiger partial charge in [0.1, 0.15) is 5.69 Å². The number of carboxylic acid groups (broad SMARTS) is 1. The maximum Gasteiger partial charge on any atom is 0.337 e. The van der Waals surface area contributed by atoms with Crippen LogP contribution in [-0.2, 0) is 0 Å². The molecule has 142 valence electrons. The van der Waals surface area contributed by atoms with E-state index in [1.165, 1.54) is 19.1 Å². The number of aromatic carboxylic acids is 1. The molecule has 0 aliphatic carbocycles. The molecule has 0 unspecified atom stereocenters. The third-order valence-electron chi connectivity index (χ3n) is 4.29. The molecule has 0 bridgehead atoms. The summed E-state index contributed by atoms with van der Waals surface area (Å²) in [6, 6.07) is 9.23. The van der Waals surface area contributed by atoms with Crippen molar-refractivity contribution in [1.29, 1.82) is 0 Å². The Kier molecular flexibility index (Phi) is 5.95. The van der Waals surface area contributed by atoms with Crippen LogP contribution in [0.2, 0.25) is 0 Å². The minimum Gasteiger partial charge on any atom is -0.478 e. The molecule has 0 saturated heterocycles. The van der Waals surface area contributed by atoms with Gasteiger partial charge in [-0.2, -0.15) is 0 Å². The lowest BCUT2D eigenvalue weighted by molar-refractivity contribution is 0.0694. The van der Waals surface area contributed by atoms with Crippen molar-refractivity contribution < 1.29 is 19.5 Å². The van der Waals surface area contributed by atoms with Crippen molar-refractivity contribution in [3.8, 4) is 0 Å². The first-order valence-electron chi connectivity index (χ1n) is 8.58. The first kappa shape index (κ1) is 20.1. The molecule has 1 heterocycles. The average Bonchev–Trinajstić information content (AvgIpc) is 2.61. The van der Waals surface area contributed by atoms with Crippen LogP contribution in [0.5, 0.6) is 0 Å². The average molecular weight is 369 g/mol. The van der Waals surface area contributed by atoms with Crippen molar-refractivity contribution in [2.24, 2.45) is 0 Å². The van der Waals surface area contributed by atoms with E-state index < -0.39 is 11.9 Å². The number of benzene rings is 1. The van der Waals surface area contributed by atoms with Crippen LogP contribution in [-0.4, -0.2) is 33.4 Å². The summed E-state index contributed by atoms with van der Waals surface area (Å²) in [5.74, 6) is -1.73. The van der Waals surface area contributed by atoms with Gasteiger partial charge in [0.25, 0.3) is 11.8 Å². The quantitative estimate of drug-likeness (QED) is 0.724. The Bertz CT molecular complexity index is 873. The summed E-state index contributed by atoms with van der Waals surface area (Å²) in [7, 11) is 0. The fraction of sp³-hybridized carbons (Fsp3) is 0.300. The molecule has 0 fully saturated rings. The number of carboxylic acids is 1. The summed E-state index contributed by atoms with van der Waals surface area (Å²) in [6.45, 7) is 7.43. The standard InChI is InChI=1S/C20H23N3O4/c1-5-20(3,4)23-17(24)13-6-8-14(9-7-13)22-18(25)16-11-10-15(19(26)27)12(2)21-16/h6-11H,5H2,1-4H3,(H,22,25)(H,23,24)(H,26,27). The van der Waals surface area contributed by atoms with Gasteiger partial charge in [0.05, 0.1) is 11.3 Å². The highest BCUT2D eigenvalue weighted by Gasteiger charge is 2.19. The van der Waals surface area contributed by atoms with Crippen molar-refractivity contribution >= 4 is 23.5 Å². The SMILES string of the molecule is CCC(C)(C)NC(=O)c1ccc(NC(=O)c2ccc(C(=O)O)c(C)n2)cc1. The van der Waals surface area contributed by atoms with Crippen molar-refractivity contribution in [3.63, 3.8) is 0 Å². The van der Waals surface area contributed by atoms with E-state index >= 15 is 0 Å². The van der Waals surface area contributed by atoms with E-state index in [4.69, 9.17) is 5.11 Å². The number of nitrogens with one attached hydrogen (secondary N) is 2.